The van der Waals surface area contributed by atoms with E-state index < -0.39 is 0 Å². The van der Waals surface area contributed by atoms with Gasteiger partial charge in [0.25, 0.3) is 0 Å². The first-order valence-electron chi connectivity index (χ1n) is 6.09. The summed E-state index contributed by atoms with van der Waals surface area (Å²) in [6.45, 7) is 7.12. The molecule has 92 valence electrons. The zero-order valence-corrected chi connectivity index (χ0v) is 10.7. The van der Waals surface area contributed by atoms with Gasteiger partial charge in [-0.15, -0.1) is 6.42 Å². The maximum Gasteiger partial charge on any atom is 0.221 e. The summed E-state index contributed by atoms with van der Waals surface area (Å²) >= 11 is 0. The largest absolute Gasteiger partial charge is 0.342 e. The molecule has 1 unspecified atom stereocenters. The Hall–Kier alpha value is -1.01. The van der Waals surface area contributed by atoms with E-state index in [4.69, 9.17) is 6.42 Å². The number of carbonyl (C=O) groups is 1. The van der Waals surface area contributed by atoms with Crippen molar-refractivity contribution in [3.05, 3.63) is 0 Å². The summed E-state index contributed by atoms with van der Waals surface area (Å²) in [7, 11) is 0. The Kier molecular flexibility index (Phi) is 8.65. The summed E-state index contributed by atoms with van der Waals surface area (Å²) in [6, 6.07) is 0.372. The van der Waals surface area contributed by atoms with Crippen molar-refractivity contribution in [2.75, 3.05) is 6.54 Å². The Labute approximate surface area is 99.4 Å². The number of rotatable bonds is 8. The van der Waals surface area contributed by atoms with Crippen LogP contribution in [0, 0.1) is 12.3 Å². The van der Waals surface area contributed by atoms with Gasteiger partial charge in [-0.25, -0.2) is 0 Å². The lowest BCUT2D eigenvalue weighted by molar-refractivity contribution is -0.121. The van der Waals surface area contributed by atoms with Crippen LogP contribution in [0.25, 0.3) is 0 Å². The standard InChI is InChI=1S/C13H24N2O/c1-5-8-12(6-2)15-13(16)9-7-10-14-11(3)4/h2,11-12,14H,5,7-10H2,1,3-4H3,(H,15,16). The zero-order valence-electron chi connectivity index (χ0n) is 10.7. The van der Waals surface area contributed by atoms with Gasteiger partial charge < -0.3 is 10.6 Å². The van der Waals surface area contributed by atoms with E-state index in [1.54, 1.807) is 0 Å². The van der Waals surface area contributed by atoms with Crippen LogP contribution in [-0.2, 0) is 4.79 Å². The summed E-state index contributed by atoms with van der Waals surface area (Å²) < 4.78 is 0. The summed E-state index contributed by atoms with van der Waals surface area (Å²) in [5.41, 5.74) is 0. The second-order valence-corrected chi connectivity index (χ2v) is 4.29. The number of nitrogens with one attached hydrogen (secondary N) is 2. The molecular weight excluding hydrogens is 200 g/mol. The first-order chi connectivity index (χ1) is 7.60. The van der Waals surface area contributed by atoms with Gasteiger partial charge in [-0.05, 0) is 19.4 Å². The highest BCUT2D eigenvalue weighted by atomic mass is 16.1. The molecule has 0 rings (SSSR count). The Balaban J connectivity index is 3.61. The monoisotopic (exact) mass is 224 g/mol. The molecule has 1 amide bonds. The number of terminal acetylenes is 1. The molecule has 0 spiro atoms. The molecule has 0 aromatic heterocycles. The molecule has 0 saturated heterocycles. The third-order valence-corrected chi connectivity index (χ3v) is 2.25. The van der Waals surface area contributed by atoms with Crippen molar-refractivity contribution in [3.8, 4) is 12.3 Å². The number of amides is 1. The number of carbonyl (C=O) groups excluding carboxylic acids is 1. The first-order valence-corrected chi connectivity index (χ1v) is 6.09. The molecule has 0 aliphatic rings. The molecule has 0 heterocycles. The SMILES string of the molecule is C#CC(CCC)NC(=O)CCCNC(C)C. The second kappa shape index (κ2) is 9.23. The molecule has 0 aromatic carbocycles. The molecule has 0 saturated carbocycles. The predicted octanol–water partition coefficient (Wildman–Crippen LogP) is 1.68. The quantitative estimate of drug-likeness (QED) is 0.486. The van der Waals surface area contributed by atoms with Gasteiger partial charge in [-0.1, -0.05) is 33.1 Å². The average Bonchev–Trinajstić information content (AvgIpc) is 2.23. The molecule has 1 atom stereocenters. The maximum atomic E-state index is 11.5. The van der Waals surface area contributed by atoms with Crippen molar-refractivity contribution in [1.29, 1.82) is 0 Å². The molecule has 2 N–H and O–H groups in total. The first kappa shape index (κ1) is 15.0. The smallest absolute Gasteiger partial charge is 0.221 e. The summed E-state index contributed by atoms with van der Waals surface area (Å²) in [4.78, 5) is 11.5. The highest BCUT2D eigenvalue weighted by Crippen LogP contribution is 1.96. The van der Waals surface area contributed by atoms with Crippen molar-refractivity contribution < 1.29 is 4.79 Å². The molecule has 0 radical (unpaired) electrons. The van der Waals surface area contributed by atoms with Crippen molar-refractivity contribution in [1.82, 2.24) is 10.6 Å². The minimum atomic E-state index is -0.101. The van der Waals surface area contributed by atoms with E-state index in [0.717, 1.165) is 25.8 Å². The van der Waals surface area contributed by atoms with Crippen LogP contribution in [0.5, 0.6) is 0 Å². The lowest BCUT2D eigenvalue weighted by atomic mass is 10.1. The molecule has 3 heteroatoms. The van der Waals surface area contributed by atoms with Crippen LogP contribution < -0.4 is 10.6 Å². The number of hydrogen-bond donors (Lipinski definition) is 2. The fourth-order valence-corrected chi connectivity index (χ4v) is 1.39. The molecule has 0 fully saturated rings. The van der Waals surface area contributed by atoms with E-state index >= 15 is 0 Å². The Morgan fingerprint density at radius 2 is 2.12 bits per heavy atom. The van der Waals surface area contributed by atoms with Gasteiger partial charge in [-0.3, -0.25) is 4.79 Å². The van der Waals surface area contributed by atoms with E-state index in [9.17, 15) is 4.79 Å². The van der Waals surface area contributed by atoms with Crippen molar-refractivity contribution in [2.24, 2.45) is 0 Å². The Morgan fingerprint density at radius 1 is 1.44 bits per heavy atom. The summed E-state index contributed by atoms with van der Waals surface area (Å²) in [5.74, 6) is 2.65. The van der Waals surface area contributed by atoms with Crippen LogP contribution >= 0.6 is 0 Å². The fraction of sp³-hybridized carbons (Fsp3) is 0.769. The van der Waals surface area contributed by atoms with Gasteiger partial charge in [0.15, 0.2) is 0 Å². The van der Waals surface area contributed by atoms with Crippen LogP contribution in [0.2, 0.25) is 0 Å². The normalized spacial score (nSPS) is 12.2. The summed E-state index contributed by atoms with van der Waals surface area (Å²) in [6.07, 6.45) is 8.57. The van der Waals surface area contributed by atoms with Gasteiger partial charge in [0.1, 0.15) is 0 Å². The van der Waals surface area contributed by atoms with Gasteiger partial charge >= 0.3 is 0 Å². The summed E-state index contributed by atoms with van der Waals surface area (Å²) in [5, 5.41) is 6.13. The highest BCUT2D eigenvalue weighted by Gasteiger charge is 2.07. The molecule has 16 heavy (non-hydrogen) atoms. The molecular formula is C13H24N2O. The van der Waals surface area contributed by atoms with Gasteiger partial charge in [0.05, 0.1) is 6.04 Å². The Bertz CT molecular complexity index is 231. The topological polar surface area (TPSA) is 41.1 Å². The van der Waals surface area contributed by atoms with Crippen molar-refractivity contribution in [2.45, 2.75) is 58.5 Å². The second-order valence-electron chi connectivity index (χ2n) is 4.29. The van der Waals surface area contributed by atoms with Gasteiger partial charge in [0, 0.05) is 12.5 Å². The third-order valence-electron chi connectivity index (χ3n) is 2.25. The average molecular weight is 224 g/mol. The van der Waals surface area contributed by atoms with Crippen LogP contribution in [0.1, 0.15) is 46.5 Å². The zero-order chi connectivity index (χ0) is 12.4. The minimum absolute atomic E-state index is 0.0574. The minimum Gasteiger partial charge on any atom is -0.342 e. The molecule has 0 aliphatic heterocycles. The van der Waals surface area contributed by atoms with Crippen LogP contribution in [0.4, 0.5) is 0 Å². The highest BCUT2D eigenvalue weighted by molar-refractivity contribution is 5.76. The van der Waals surface area contributed by atoms with Crippen LogP contribution in [-0.4, -0.2) is 24.5 Å². The van der Waals surface area contributed by atoms with Gasteiger partial charge in [0.2, 0.25) is 5.91 Å². The maximum absolute atomic E-state index is 11.5. The number of hydrogen-bond acceptors (Lipinski definition) is 2. The van der Waals surface area contributed by atoms with E-state index in [1.165, 1.54) is 0 Å². The van der Waals surface area contributed by atoms with Crippen molar-refractivity contribution >= 4 is 5.91 Å². The van der Waals surface area contributed by atoms with E-state index in [0.29, 0.717) is 12.5 Å². The van der Waals surface area contributed by atoms with E-state index in [-0.39, 0.29) is 11.9 Å². The van der Waals surface area contributed by atoms with Crippen LogP contribution in [0.15, 0.2) is 0 Å². The van der Waals surface area contributed by atoms with Crippen LogP contribution in [0.3, 0.4) is 0 Å². The third kappa shape index (κ3) is 8.31. The van der Waals surface area contributed by atoms with Gasteiger partial charge in [-0.2, -0.15) is 0 Å². The van der Waals surface area contributed by atoms with E-state index in [2.05, 4.69) is 37.3 Å². The fourth-order valence-electron chi connectivity index (χ4n) is 1.39. The Morgan fingerprint density at radius 3 is 2.62 bits per heavy atom. The van der Waals surface area contributed by atoms with E-state index in [1.807, 2.05) is 0 Å². The lowest BCUT2D eigenvalue weighted by Gasteiger charge is -2.12. The lowest BCUT2D eigenvalue weighted by Crippen LogP contribution is -2.34. The predicted molar refractivity (Wildman–Crippen MR) is 68.0 cm³/mol. The molecule has 0 aromatic rings. The van der Waals surface area contributed by atoms with Crippen molar-refractivity contribution in [3.63, 3.8) is 0 Å². The molecule has 0 bridgehead atoms. The molecule has 0 aliphatic carbocycles. The molecule has 3 nitrogen and oxygen atoms in total.